The third-order valence-electron chi connectivity index (χ3n) is 2.57. The highest BCUT2D eigenvalue weighted by Crippen LogP contribution is 2.03. The van der Waals surface area contributed by atoms with Gasteiger partial charge in [-0.15, -0.1) is 0 Å². The van der Waals surface area contributed by atoms with Crippen LogP contribution in [0.4, 0.5) is 0 Å². The van der Waals surface area contributed by atoms with E-state index in [1.54, 1.807) is 10.8 Å². The lowest BCUT2D eigenvalue weighted by molar-refractivity contribution is 0.318. The maximum Gasteiger partial charge on any atom is 0.294 e. The maximum atomic E-state index is 12.2. The first-order valence-corrected chi connectivity index (χ1v) is 5.76. The zero-order valence-electron chi connectivity index (χ0n) is 10.4. The molecule has 0 aliphatic rings. The standard InChI is InChI=1S/C11H14N6O2/c1-2-5-16-6-3-14-10(11(16)18)17-7-4-13-9(17)8(12)15-19/h3-4,6-7,19H,2,5H2,1H3,(H2,12,15). The number of nitrogens with two attached hydrogens (primary N) is 1. The number of aryl methyl sites for hydroxylation is 1. The minimum atomic E-state index is -0.255. The number of aromatic nitrogens is 4. The molecule has 0 saturated carbocycles. The van der Waals surface area contributed by atoms with Gasteiger partial charge in [-0.2, -0.15) is 0 Å². The highest BCUT2D eigenvalue weighted by Gasteiger charge is 2.14. The molecular weight excluding hydrogens is 248 g/mol. The molecule has 19 heavy (non-hydrogen) atoms. The molecule has 100 valence electrons. The van der Waals surface area contributed by atoms with Crippen LogP contribution < -0.4 is 11.3 Å². The molecular formula is C11H14N6O2. The van der Waals surface area contributed by atoms with Crippen LogP contribution in [0.2, 0.25) is 0 Å². The van der Waals surface area contributed by atoms with E-state index in [2.05, 4.69) is 15.1 Å². The Bertz CT molecular complexity index is 657. The van der Waals surface area contributed by atoms with Gasteiger partial charge in [0.1, 0.15) is 0 Å². The summed E-state index contributed by atoms with van der Waals surface area (Å²) in [6, 6.07) is 0. The van der Waals surface area contributed by atoms with Crippen molar-refractivity contribution < 1.29 is 5.21 Å². The van der Waals surface area contributed by atoms with E-state index in [9.17, 15) is 4.79 Å². The Kier molecular flexibility index (Phi) is 3.60. The van der Waals surface area contributed by atoms with E-state index in [1.165, 1.54) is 23.2 Å². The molecule has 2 aromatic rings. The lowest BCUT2D eigenvalue weighted by Crippen LogP contribution is -2.28. The van der Waals surface area contributed by atoms with Crippen LogP contribution in [-0.4, -0.2) is 30.1 Å². The van der Waals surface area contributed by atoms with Gasteiger partial charge in [-0.1, -0.05) is 12.1 Å². The normalized spacial score (nSPS) is 11.7. The number of imidazole rings is 1. The summed E-state index contributed by atoms with van der Waals surface area (Å²) in [6.07, 6.45) is 6.97. The van der Waals surface area contributed by atoms with E-state index in [0.29, 0.717) is 6.54 Å². The molecule has 0 saturated heterocycles. The molecule has 0 fully saturated rings. The van der Waals surface area contributed by atoms with E-state index >= 15 is 0 Å². The Balaban J connectivity index is 2.57. The lowest BCUT2D eigenvalue weighted by atomic mass is 10.4. The van der Waals surface area contributed by atoms with Gasteiger partial charge in [-0.25, -0.2) is 9.97 Å². The first kappa shape index (κ1) is 12.8. The van der Waals surface area contributed by atoms with Crippen LogP contribution in [-0.2, 0) is 6.54 Å². The van der Waals surface area contributed by atoms with Crippen molar-refractivity contribution in [3.8, 4) is 5.82 Å². The molecule has 8 nitrogen and oxygen atoms in total. The number of nitrogens with zero attached hydrogens (tertiary/aromatic N) is 5. The summed E-state index contributed by atoms with van der Waals surface area (Å²) in [6.45, 7) is 2.58. The van der Waals surface area contributed by atoms with Crippen molar-refractivity contribution in [1.82, 2.24) is 19.1 Å². The average Bonchev–Trinajstić information content (AvgIpc) is 2.89. The van der Waals surface area contributed by atoms with Crippen molar-refractivity contribution in [2.45, 2.75) is 19.9 Å². The summed E-state index contributed by atoms with van der Waals surface area (Å²) in [5.41, 5.74) is 5.25. The molecule has 3 N–H and O–H groups in total. The largest absolute Gasteiger partial charge is 0.409 e. The number of hydrogen-bond donors (Lipinski definition) is 2. The fraction of sp³-hybridized carbons (Fsp3) is 0.273. The zero-order valence-corrected chi connectivity index (χ0v) is 10.4. The molecule has 2 rings (SSSR count). The maximum absolute atomic E-state index is 12.2. The van der Waals surface area contributed by atoms with Crippen LogP contribution in [0.3, 0.4) is 0 Å². The van der Waals surface area contributed by atoms with Crippen molar-refractivity contribution in [3.05, 3.63) is 41.0 Å². The second kappa shape index (κ2) is 5.34. The van der Waals surface area contributed by atoms with Crippen LogP contribution >= 0.6 is 0 Å². The molecule has 0 radical (unpaired) electrons. The third-order valence-corrected chi connectivity index (χ3v) is 2.57. The molecule has 2 heterocycles. The summed E-state index contributed by atoms with van der Waals surface area (Å²) >= 11 is 0. The van der Waals surface area contributed by atoms with Crippen LogP contribution in [0, 0.1) is 0 Å². The predicted molar refractivity (Wildman–Crippen MR) is 68.4 cm³/mol. The highest BCUT2D eigenvalue weighted by molar-refractivity contribution is 5.94. The number of rotatable bonds is 4. The van der Waals surface area contributed by atoms with Crippen LogP contribution in [0.25, 0.3) is 5.82 Å². The van der Waals surface area contributed by atoms with E-state index in [1.807, 2.05) is 6.92 Å². The van der Waals surface area contributed by atoms with Gasteiger partial charge in [-0.3, -0.25) is 9.36 Å². The van der Waals surface area contributed by atoms with Gasteiger partial charge in [0.25, 0.3) is 5.56 Å². The average molecular weight is 262 g/mol. The van der Waals surface area contributed by atoms with Crippen molar-refractivity contribution >= 4 is 5.84 Å². The molecule has 0 spiro atoms. The van der Waals surface area contributed by atoms with Crippen molar-refractivity contribution in [2.24, 2.45) is 10.9 Å². The van der Waals surface area contributed by atoms with Crippen LogP contribution in [0.15, 0.2) is 34.7 Å². The van der Waals surface area contributed by atoms with Gasteiger partial charge in [0.2, 0.25) is 11.7 Å². The molecule has 0 aliphatic heterocycles. The summed E-state index contributed by atoms with van der Waals surface area (Å²) < 4.78 is 2.95. The molecule has 0 unspecified atom stereocenters. The van der Waals surface area contributed by atoms with Gasteiger partial charge in [0, 0.05) is 31.3 Å². The summed E-state index contributed by atoms with van der Waals surface area (Å²) in [7, 11) is 0. The minimum Gasteiger partial charge on any atom is -0.409 e. The van der Waals surface area contributed by atoms with Gasteiger partial charge in [0.15, 0.2) is 5.82 Å². The molecule has 0 amide bonds. The summed E-state index contributed by atoms with van der Waals surface area (Å²) in [4.78, 5) is 20.2. The van der Waals surface area contributed by atoms with Gasteiger partial charge in [0.05, 0.1) is 0 Å². The van der Waals surface area contributed by atoms with E-state index in [-0.39, 0.29) is 23.0 Å². The van der Waals surface area contributed by atoms with Crippen LogP contribution in [0.5, 0.6) is 0 Å². The Morgan fingerprint density at radius 3 is 2.84 bits per heavy atom. The van der Waals surface area contributed by atoms with E-state index < -0.39 is 0 Å². The van der Waals surface area contributed by atoms with Gasteiger partial charge >= 0.3 is 0 Å². The minimum absolute atomic E-state index is 0.162. The van der Waals surface area contributed by atoms with Gasteiger partial charge in [-0.05, 0) is 6.42 Å². The monoisotopic (exact) mass is 262 g/mol. The quantitative estimate of drug-likeness (QED) is 0.347. The smallest absolute Gasteiger partial charge is 0.294 e. The van der Waals surface area contributed by atoms with E-state index in [0.717, 1.165) is 6.42 Å². The first-order valence-electron chi connectivity index (χ1n) is 5.76. The first-order chi connectivity index (χ1) is 9.19. The fourth-order valence-corrected chi connectivity index (χ4v) is 1.73. The van der Waals surface area contributed by atoms with Crippen molar-refractivity contribution in [1.29, 1.82) is 0 Å². The molecule has 0 bridgehead atoms. The third kappa shape index (κ3) is 2.32. The number of amidine groups is 1. The molecule has 2 aromatic heterocycles. The topological polar surface area (TPSA) is 111 Å². The summed E-state index contributed by atoms with van der Waals surface area (Å²) in [5, 5.41) is 11.6. The SMILES string of the molecule is CCCn1ccnc(-n2ccnc2C(N)=NO)c1=O. The number of hydrogen-bond acceptors (Lipinski definition) is 5. The predicted octanol–water partition coefficient (Wildman–Crippen LogP) is -0.0665. The fourth-order valence-electron chi connectivity index (χ4n) is 1.73. The Labute approximate surface area is 108 Å². The number of oxime groups is 1. The van der Waals surface area contributed by atoms with E-state index in [4.69, 9.17) is 10.9 Å². The second-order valence-corrected chi connectivity index (χ2v) is 3.86. The summed E-state index contributed by atoms with van der Waals surface area (Å²) in [5.74, 6) is 0.147. The lowest BCUT2D eigenvalue weighted by Gasteiger charge is -2.08. The van der Waals surface area contributed by atoms with Gasteiger partial charge < -0.3 is 15.5 Å². The Hall–Kier alpha value is -2.64. The molecule has 8 heteroatoms. The zero-order chi connectivity index (χ0) is 13.8. The second-order valence-electron chi connectivity index (χ2n) is 3.86. The van der Waals surface area contributed by atoms with Crippen molar-refractivity contribution in [2.75, 3.05) is 0 Å². The van der Waals surface area contributed by atoms with Crippen LogP contribution in [0.1, 0.15) is 19.2 Å². The Morgan fingerprint density at radius 1 is 1.42 bits per heavy atom. The van der Waals surface area contributed by atoms with Crippen molar-refractivity contribution in [3.63, 3.8) is 0 Å². The molecule has 0 atom stereocenters. The Morgan fingerprint density at radius 2 is 2.16 bits per heavy atom. The molecule has 0 aliphatic carbocycles. The highest BCUT2D eigenvalue weighted by atomic mass is 16.4. The molecule has 0 aromatic carbocycles.